The summed E-state index contributed by atoms with van der Waals surface area (Å²) >= 11 is 0. The Bertz CT molecular complexity index is 546. The van der Waals surface area contributed by atoms with Gasteiger partial charge in [0.1, 0.15) is 6.33 Å². The van der Waals surface area contributed by atoms with Gasteiger partial charge in [0.05, 0.1) is 17.6 Å². The fourth-order valence-electron chi connectivity index (χ4n) is 2.44. The van der Waals surface area contributed by atoms with Gasteiger partial charge in [-0.3, -0.25) is 9.55 Å². The normalized spacial score (nSPS) is 14.5. The Labute approximate surface area is 106 Å². The molecule has 0 unspecified atom stereocenters. The predicted molar refractivity (Wildman–Crippen MR) is 68.6 cm³/mol. The van der Waals surface area contributed by atoms with Crippen LogP contribution in [0.4, 0.5) is 0 Å². The summed E-state index contributed by atoms with van der Waals surface area (Å²) in [4.78, 5) is 13.4. The predicted octanol–water partition coefficient (Wildman–Crippen LogP) is 1.26. The van der Waals surface area contributed by atoms with Gasteiger partial charge in [-0.15, -0.1) is 0 Å². The molecule has 2 aromatic heterocycles. The van der Waals surface area contributed by atoms with Gasteiger partial charge in [0.2, 0.25) is 0 Å². The van der Waals surface area contributed by atoms with Crippen LogP contribution in [-0.2, 0) is 19.4 Å². The first-order chi connectivity index (χ1) is 8.88. The first-order valence-electron chi connectivity index (χ1n) is 6.39. The number of nitrogens with zero attached hydrogens (tertiary/aromatic N) is 4. The van der Waals surface area contributed by atoms with Gasteiger partial charge >= 0.3 is 0 Å². The monoisotopic (exact) mass is 243 g/mol. The van der Waals surface area contributed by atoms with E-state index in [1.54, 1.807) is 12.4 Å². The van der Waals surface area contributed by atoms with E-state index in [1.807, 2.05) is 13.4 Å². The highest BCUT2D eigenvalue weighted by atomic mass is 15.1. The van der Waals surface area contributed by atoms with Gasteiger partial charge in [-0.2, -0.15) is 0 Å². The van der Waals surface area contributed by atoms with E-state index < -0.39 is 0 Å². The van der Waals surface area contributed by atoms with Crippen molar-refractivity contribution in [2.75, 3.05) is 7.05 Å². The largest absolute Gasteiger partial charge is 0.314 e. The number of imidazole rings is 1. The van der Waals surface area contributed by atoms with Gasteiger partial charge in [-0.25, -0.2) is 9.97 Å². The minimum absolute atomic E-state index is 0.734. The molecular formula is C13H17N5. The van der Waals surface area contributed by atoms with E-state index in [4.69, 9.17) is 0 Å². The zero-order valence-corrected chi connectivity index (χ0v) is 10.6. The third-order valence-electron chi connectivity index (χ3n) is 3.31. The lowest BCUT2D eigenvalue weighted by molar-refractivity contribution is 0.652. The first kappa shape index (κ1) is 11.3. The Hall–Kier alpha value is -1.75. The molecule has 0 saturated carbocycles. The van der Waals surface area contributed by atoms with E-state index in [-0.39, 0.29) is 0 Å². The second kappa shape index (κ2) is 4.86. The molecular weight excluding hydrogens is 226 g/mol. The molecule has 0 saturated heterocycles. The van der Waals surface area contributed by atoms with Crippen molar-refractivity contribution < 1.29 is 0 Å². The lowest BCUT2D eigenvalue weighted by Gasteiger charge is -2.13. The molecule has 0 fully saturated rings. The van der Waals surface area contributed by atoms with Crippen molar-refractivity contribution in [1.29, 1.82) is 0 Å². The highest BCUT2D eigenvalue weighted by Crippen LogP contribution is 2.22. The fraction of sp³-hybridized carbons (Fsp3) is 0.462. The van der Waals surface area contributed by atoms with Gasteiger partial charge in [0, 0.05) is 18.4 Å². The summed E-state index contributed by atoms with van der Waals surface area (Å²) in [5.41, 5.74) is 3.48. The van der Waals surface area contributed by atoms with Crippen LogP contribution >= 0.6 is 0 Å². The van der Waals surface area contributed by atoms with E-state index in [1.165, 1.54) is 24.2 Å². The maximum Gasteiger partial charge on any atom is 0.156 e. The van der Waals surface area contributed by atoms with Crippen LogP contribution < -0.4 is 5.32 Å². The zero-order chi connectivity index (χ0) is 12.4. The fourth-order valence-corrected chi connectivity index (χ4v) is 2.44. The quantitative estimate of drug-likeness (QED) is 0.881. The second-order valence-corrected chi connectivity index (χ2v) is 4.61. The van der Waals surface area contributed by atoms with Crippen molar-refractivity contribution in [2.24, 2.45) is 0 Å². The first-order valence-corrected chi connectivity index (χ1v) is 6.39. The summed E-state index contributed by atoms with van der Waals surface area (Å²) in [7, 11) is 1.91. The molecule has 2 heterocycles. The smallest absolute Gasteiger partial charge is 0.156 e. The number of aromatic nitrogens is 4. The van der Waals surface area contributed by atoms with E-state index in [0.717, 1.165) is 30.9 Å². The third kappa shape index (κ3) is 2.01. The molecule has 18 heavy (non-hydrogen) atoms. The Balaban J connectivity index is 1.99. The summed E-state index contributed by atoms with van der Waals surface area (Å²) in [6, 6.07) is 0. The molecule has 2 aromatic rings. The van der Waals surface area contributed by atoms with Crippen LogP contribution in [0.5, 0.6) is 0 Å². The number of aryl methyl sites for hydroxylation is 1. The SMILES string of the molecule is CNCc1cncc(-n2cnc3c2CCCC3)n1. The minimum atomic E-state index is 0.734. The average molecular weight is 243 g/mol. The highest BCUT2D eigenvalue weighted by Gasteiger charge is 2.16. The summed E-state index contributed by atoms with van der Waals surface area (Å²) in [5, 5.41) is 3.09. The molecule has 1 aliphatic rings. The number of hydrogen-bond acceptors (Lipinski definition) is 4. The van der Waals surface area contributed by atoms with Crippen LogP contribution in [0.2, 0.25) is 0 Å². The lowest BCUT2D eigenvalue weighted by Crippen LogP contribution is -2.11. The molecule has 1 N–H and O–H groups in total. The number of hydrogen-bond donors (Lipinski definition) is 1. The van der Waals surface area contributed by atoms with Crippen LogP contribution in [0.3, 0.4) is 0 Å². The van der Waals surface area contributed by atoms with Gasteiger partial charge in [0.15, 0.2) is 5.82 Å². The Kier molecular flexibility index (Phi) is 3.06. The number of nitrogens with one attached hydrogen (secondary N) is 1. The number of fused-ring (bicyclic) bond motifs is 1. The Morgan fingerprint density at radius 1 is 1.28 bits per heavy atom. The second-order valence-electron chi connectivity index (χ2n) is 4.61. The summed E-state index contributed by atoms with van der Waals surface area (Å²) in [5.74, 6) is 0.874. The van der Waals surface area contributed by atoms with Gasteiger partial charge in [0.25, 0.3) is 0 Å². The Morgan fingerprint density at radius 3 is 3.06 bits per heavy atom. The molecule has 1 aliphatic carbocycles. The molecule has 0 radical (unpaired) electrons. The molecule has 0 atom stereocenters. The van der Waals surface area contributed by atoms with Crippen LogP contribution in [-0.4, -0.2) is 26.6 Å². The maximum atomic E-state index is 4.61. The van der Waals surface area contributed by atoms with Crippen LogP contribution in [0.25, 0.3) is 5.82 Å². The minimum Gasteiger partial charge on any atom is -0.314 e. The molecule has 0 bridgehead atoms. The van der Waals surface area contributed by atoms with E-state index in [9.17, 15) is 0 Å². The van der Waals surface area contributed by atoms with E-state index >= 15 is 0 Å². The molecule has 0 aromatic carbocycles. The molecule has 5 heteroatoms. The zero-order valence-electron chi connectivity index (χ0n) is 10.6. The summed E-state index contributed by atoms with van der Waals surface area (Å²) in [6.45, 7) is 0.734. The Morgan fingerprint density at radius 2 is 2.17 bits per heavy atom. The van der Waals surface area contributed by atoms with Crippen molar-refractivity contribution in [2.45, 2.75) is 32.2 Å². The summed E-state index contributed by atoms with van der Waals surface area (Å²) in [6.07, 6.45) is 10.1. The van der Waals surface area contributed by atoms with Crippen molar-refractivity contribution in [3.05, 3.63) is 35.8 Å². The van der Waals surface area contributed by atoms with E-state index in [2.05, 4.69) is 24.8 Å². The highest BCUT2D eigenvalue weighted by molar-refractivity contribution is 5.28. The molecule has 0 spiro atoms. The topological polar surface area (TPSA) is 55.6 Å². The van der Waals surface area contributed by atoms with Crippen LogP contribution in [0, 0.1) is 0 Å². The van der Waals surface area contributed by atoms with Crippen molar-refractivity contribution in [3.8, 4) is 5.82 Å². The third-order valence-corrected chi connectivity index (χ3v) is 3.31. The van der Waals surface area contributed by atoms with Gasteiger partial charge in [-0.05, 0) is 32.7 Å². The van der Waals surface area contributed by atoms with E-state index in [0.29, 0.717) is 0 Å². The van der Waals surface area contributed by atoms with Crippen LogP contribution in [0.15, 0.2) is 18.7 Å². The van der Waals surface area contributed by atoms with Crippen LogP contribution in [0.1, 0.15) is 29.9 Å². The molecule has 0 amide bonds. The van der Waals surface area contributed by atoms with Gasteiger partial charge in [-0.1, -0.05) is 0 Å². The molecule has 0 aliphatic heterocycles. The average Bonchev–Trinajstić information content (AvgIpc) is 2.83. The standard InChI is InChI=1S/C13H17N5/c1-14-6-10-7-15-8-13(17-10)18-9-16-11-4-2-3-5-12(11)18/h7-9,14H,2-6H2,1H3. The summed E-state index contributed by atoms with van der Waals surface area (Å²) < 4.78 is 2.08. The lowest BCUT2D eigenvalue weighted by atomic mass is 10.0. The molecule has 94 valence electrons. The van der Waals surface area contributed by atoms with Crippen molar-refractivity contribution in [3.63, 3.8) is 0 Å². The van der Waals surface area contributed by atoms with Crippen molar-refractivity contribution >= 4 is 0 Å². The maximum absolute atomic E-state index is 4.61. The van der Waals surface area contributed by atoms with Crippen molar-refractivity contribution in [1.82, 2.24) is 24.8 Å². The molecule has 3 rings (SSSR count). The molecule has 5 nitrogen and oxygen atoms in total. The van der Waals surface area contributed by atoms with Gasteiger partial charge < -0.3 is 5.32 Å². The number of rotatable bonds is 3.